The Morgan fingerprint density at radius 2 is 2.33 bits per heavy atom. The Kier molecular flexibility index (Phi) is 2.60. The standard InChI is InChI=1S/C11H14N2O2/c1-2-13-6-9-4-3-8(7-14)5-10(9)12-11(13)15/h3-5,14H,2,6-7H2,1H3,(H,12,15). The number of nitrogens with one attached hydrogen (secondary N) is 1. The minimum atomic E-state index is -0.0694. The van der Waals surface area contributed by atoms with E-state index in [1.165, 1.54) is 0 Å². The van der Waals surface area contributed by atoms with Gasteiger partial charge >= 0.3 is 6.03 Å². The van der Waals surface area contributed by atoms with Crippen LogP contribution in [0.4, 0.5) is 10.5 Å². The number of aliphatic hydroxyl groups is 1. The number of hydrogen-bond donors (Lipinski definition) is 2. The third-order valence-corrected chi connectivity index (χ3v) is 2.63. The van der Waals surface area contributed by atoms with E-state index in [2.05, 4.69) is 5.32 Å². The molecule has 0 bridgehead atoms. The molecule has 1 aliphatic heterocycles. The van der Waals surface area contributed by atoms with E-state index in [1.807, 2.05) is 25.1 Å². The summed E-state index contributed by atoms with van der Waals surface area (Å²) < 4.78 is 0. The first-order valence-corrected chi connectivity index (χ1v) is 5.03. The van der Waals surface area contributed by atoms with E-state index in [4.69, 9.17) is 5.11 Å². The summed E-state index contributed by atoms with van der Waals surface area (Å²) in [4.78, 5) is 13.3. The van der Waals surface area contributed by atoms with Crippen LogP contribution in [0.15, 0.2) is 18.2 Å². The van der Waals surface area contributed by atoms with Crippen molar-refractivity contribution in [3.05, 3.63) is 29.3 Å². The molecule has 0 fully saturated rings. The first kappa shape index (κ1) is 9.98. The minimum absolute atomic E-state index is 0.000637. The highest BCUT2D eigenvalue weighted by Gasteiger charge is 2.20. The molecule has 0 saturated heterocycles. The van der Waals surface area contributed by atoms with Crippen LogP contribution in [0.2, 0.25) is 0 Å². The van der Waals surface area contributed by atoms with Gasteiger partial charge in [0.15, 0.2) is 0 Å². The van der Waals surface area contributed by atoms with Crippen LogP contribution >= 0.6 is 0 Å². The van der Waals surface area contributed by atoms with Gasteiger partial charge in [0.25, 0.3) is 0 Å². The first-order valence-electron chi connectivity index (χ1n) is 5.03. The van der Waals surface area contributed by atoms with Gasteiger partial charge in [-0.15, -0.1) is 0 Å². The molecule has 2 rings (SSSR count). The van der Waals surface area contributed by atoms with Gasteiger partial charge in [0.05, 0.1) is 6.61 Å². The van der Waals surface area contributed by atoms with Gasteiger partial charge in [0.1, 0.15) is 0 Å². The number of amides is 2. The SMILES string of the molecule is CCN1Cc2ccc(CO)cc2NC1=O. The van der Waals surface area contributed by atoms with Crippen molar-refractivity contribution >= 4 is 11.7 Å². The van der Waals surface area contributed by atoms with E-state index in [9.17, 15) is 4.79 Å². The second-order valence-electron chi connectivity index (χ2n) is 3.59. The Bertz CT molecular complexity index is 390. The minimum Gasteiger partial charge on any atom is -0.392 e. The fraction of sp³-hybridized carbons (Fsp3) is 0.364. The third kappa shape index (κ3) is 1.80. The van der Waals surface area contributed by atoms with Gasteiger partial charge in [-0.2, -0.15) is 0 Å². The normalized spacial score (nSPS) is 14.8. The Hall–Kier alpha value is -1.55. The van der Waals surface area contributed by atoms with Crippen LogP contribution in [-0.2, 0) is 13.2 Å². The number of fused-ring (bicyclic) bond motifs is 1. The lowest BCUT2D eigenvalue weighted by Gasteiger charge is -2.28. The number of rotatable bonds is 2. The molecule has 1 aliphatic rings. The quantitative estimate of drug-likeness (QED) is 0.771. The molecule has 0 unspecified atom stereocenters. The van der Waals surface area contributed by atoms with Crippen molar-refractivity contribution in [2.75, 3.05) is 11.9 Å². The summed E-state index contributed by atoms with van der Waals surface area (Å²) in [6.07, 6.45) is 0. The molecule has 0 aliphatic carbocycles. The van der Waals surface area contributed by atoms with E-state index in [-0.39, 0.29) is 12.6 Å². The van der Waals surface area contributed by atoms with E-state index in [1.54, 1.807) is 4.90 Å². The van der Waals surface area contributed by atoms with E-state index < -0.39 is 0 Å². The van der Waals surface area contributed by atoms with Gasteiger partial charge in [-0.05, 0) is 24.1 Å². The number of nitrogens with zero attached hydrogens (tertiary/aromatic N) is 1. The number of carbonyl (C=O) groups excluding carboxylic acids is 1. The van der Waals surface area contributed by atoms with E-state index >= 15 is 0 Å². The van der Waals surface area contributed by atoms with Gasteiger partial charge in [-0.3, -0.25) is 0 Å². The molecule has 0 spiro atoms. The average molecular weight is 206 g/mol. The van der Waals surface area contributed by atoms with Gasteiger partial charge in [0, 0.05) is 18.8 Å². The van der Waals surface area contributed by atoms with Crippen molar-refractivity contribution in [1.82, 2.24) is 4.90 Å². The number of hydrogen-bond acceptors (Lipinski definition) is 2. The maximum Gasteiger partial charge on any atom is 0.322 e. The summed E-state index contributed by atoms with van der Waals surface area (Å²) in [5, 5.41) is 11.8. The molecule has 0 aromatic heterocycles. The van der Waals surface area contributed by atoms with Gasteiger partial charge in [-0.1, -0.05) is 12.1 Å². The molecule has 15 heavy (non-hydrogen) atoms. The lowest BCUT2D eigenvalue weighted by molar-refractivity contribution is 0.209. The molecular formula is C11H14N2O2. The van der Waals surface area contributed by atoms with Crippen molar-refractivity contribution in [1.29, 1.82) is 0 Å². The molecule has 4 heteroatoms. The summed E-state index contributed by atoms with van der Waals surface area (Å²) in [7, 11) is 0. The molecule has 0 radical (unpaired) electrons. The van der Waals surface area contributed by atoms with Crippen LogP contribution < -0.4 is 5.32 Å². The maximum atomic E-state index is 11.5. The Balaban J connectivity index is 2.32. The Morgan fingerprint density at radius 3 is 3.00 bits per heavy atom. The molecule has 0 atom stereocenters. The zero-order valence-corrected chi connectivity index (χ0v) is 8.66. The van der Waals surface area contributed by atoms with Crippen LogP contribution in [-0.4, -0.2) is 22.6 Å². The van der Waals surface area contributed by atoms with Gasteiger partial charge < -0.3 is 15.3 Å². The smallest absolute Gasteiger partial charge is 0.322 e. The first-order chi connectivity index (χ1) is 7.24. The third-order valence-electron chi connectivity index (χ3n) is 2.63. The van der Waals surface area contributed by atoms with Crippen LogP contribution in [0.1, 0.15) is 18.1 Å². The number of carbonyl (C=O) groups is 1. The second-order valence-corrected chi connectivity index (χ2v) is 3.59. The average Bonchev–Trinajstić information content (AvgIpc) is 2.27. The predicted molar refractivity (Wildman–Crippen MR) is 57.5 cm³/mol. The van der Waals surface area contributed by atoms with E-state index in [0.717, 1.165) is 16.8 Å². The zero-order chi connectivity index (χ0) is 10.8. The number of anilines is 1. The lowest BCUT2D eigenvalue weighted by Crippen LogP contribution is -2.38. The summed E-state index contributed by atoms with van der Waals surface area (Å²) in [6, 6.07) is 5.58. The molecule has 1 aromatic carbocycles. The number of urea groups is 1. The van der Waals surface area contributed by atoms with Crippen LogP contribution in [0.25, 0.3) is 0 Å². The van der Waals surface area contributed by atoms with Crippen molar-refractivity contribution in [3.8, 4) is 0 Å². The van der Waals surface area contributed by atoms with Crippen molar-refractivity contribution in [3.63, 3.8) is 0 Å². The summed E-state index contributed by atoms with van der Waals surface area (Å²) in [5.41, 5.74) is 2.73. The molecule has 80 valence electrons. The molecule has 2 N–H and O–H groups in total. The highest BCUT2D eigenvalue weighted by Crippen LogP contribution is 2.24. The van der Waals surface area contributed by atoms with Crippen LogP contribution in [0.5, 0.6) is 0 Å². The summed E-state index contributed by atoms with van der Waals surface area (Å²) in [6.45, 7) is 3.30. The number of aliphatic hydroxyl groups excluding tert-OH is 1. The Labute approximate surface area is 88.5 Å². The molecule has 1 heterocycles. The summed E-state index contributed by atoms with van der Waals surface area (Å²) in [5.74, 6) is 0. The maximum absolute atomic E-state index is 11.5. The highest BCUT2D eigenvalue weighted by atomic mass is 16.3. The fourth-order valence-corrected chi connectivity index (χ4v) is 1.70. The number of benzene rings is 1. The Morgan fingerprint density at radius 1 is 1.53 bits per heavy atom. The second kappa shape index (κ2) is 3.90. The van der Waals surface area contributed by atoms with Crippen LogP contribution in [0, 0.1) is 0 Å². The lowest BCUT2D eigenvalue weighted by atomic mass is 10.1. The molecule has 0 saturated carbocycles. The van der Waals surface area contributed by atoms with Crippen LogP contribution in [0.3, 0.4) is 0 Å². The van der Waals surface area contributed by atoms with Gasteiger partial charge in [0.2, 0.25) is 0 Å². The van der Waals surface area contributed by atoms with Crippen molar-refractivity contribution in [2.45, 2.75) is 20.1 Å². The van der Waals surface area contributed by atoms with Crippen molar-refractivity contribution < 1.29 is 9.90 Å². The largest absolute Gasteiger partial charge is 0.392 e. The van der Waals surface area contributed by atoms with E-state index in [0.29, 0.717) is 13.1 Å². The monoisotopic (exact) mass is 206 g/mol. The summed E-state index contributed by atoms with van der Waals surface area (Å²) >= 11 is 0. The predicted octanol–water partition coefficient (Wildman–Crippen LogP) is 1.55. The zero-order valence-electron chi connectivity index (χ0n) is 8.66. The van der Waals surface area contributed by atoms with Gasteiger partial charge in [-0.25, -0.2) is 4.79 Å². The fourth-order valence-electron chi connectivity index (χ4n) is 1.70. The molecular weight excluding hydrogens is 192 g/mol. The molecule has 4 nitrogen and oxygen atoms in total. The molecule has 1 aromatic rings. The van der Waals surface area contributed by atoms with Crippen molar-refractivity contribution in [2.24, 2.45) is 0 Å². The highest BCUT2D eigenvalue weighted by molar-refractivity contribution is 5.92. The molecule has 2 amide bonds. The topological polar surface area (TPSA) is 52.6 Å².